The highest BCUT2D eigenvalue weighted by atomic mass is 35.5. The fraction of sp³-hybridized carbons (Fsp3) is 0.625. The zero-order chi connectivity index (χ0) is 20.1. The number of halogens is 1. The predicted molar refractivity (Wildman–Crippen MR) is 116 cm³/mol. The van der Waals surface area contributed by atoms with Crippen LogP contribution in [0, 0.1) is 37.5 Å². The van der Waals surface area contributed by atoms with Gasteiger partial charge in [-0.15, -0.1) is 0 Å². The van der Waals surface area contributed by atoms with E-state index in [0.717, 1.165) is 42.8 Å². The molecule has 154 valence electrons. The fourth-order valence-electron chi connectivity index (χ4n) is 5.43. The SMILES string of the molecule is Cc1cc(Cl)cc(C)c1CNC[C@H]1C2CCC(CC2)[C@@H]1/C=C\CCCC(=O)O. The molecule has 3 nitrogen and oxygen atoms in total. The fourth-order valence-corrected chi connectivity index (χ4v) is 5.76. The van der Waals surface area contributed by atoms with Gasteiger partial charge >= 0.3 is 5.97 Å². The van der Waals surface area contributed by atoms with Crippen LogP contribution < -0.4 is 5.32 Å². The molecule has 4 rings (SSSR count). The number of aryl methyl sites for hydroxylation is 2. The first-order chi connectivity index (χ1) is 13.5. The van der Waals surface area contributed by atoms with Gasteiger partial charge in [0.25, 0.3) is 0 Å². The van der Waals surface area contributed by atoms with Crippen molar-refractivity contribution in [2.24, 2.45) is 23.7 Å². The molecule has 0 saturated heterocycles. The second-order valence-corrected chi connectivity index (χ2v) is 9.22. The highest BCUT2D eigenvalue weighted by Gasteiger charge is 2.41. The zero-order valence-corrected chi connectivity index (χ0v) is 18.0. The zero-order valence-electron chi connectivity index (χ0n) is 17.2. The Bertz CT molecular complexity index is 684. The molecule has 4 heteroatoms. The van der Waals surface area contributed by atoms with E-state index >= 15 is 0 Å². The van der Waals surface area contributed by atoms with Gasteiger partial charge < -0.3 is 10.4 Å². The molecule has 2 N–H and O–H groups in total. The van der Waals surface area contributed by atoms with Crippen LogP contribution in [-0.4, -0.2) is 17.6 Å². The number of hydrogen-bond acceptors (Lipinski definition) is 2. The molecule has 1 aromatic carbocycles. The van der Waals surface area contributed by atoms with Gasteiger partial charge in [0, 0.05) is 18.0 Å². The summed E-state index contributed by atoms with van der Waals surface area (Å²) >= 11 is 6.17. The summed E-state index contributed by atoms with van der Waals surface area (Å²) in [6.45, 7) is 6.24. The Labute approximate surface area is 174 Å². The normalized spacial score (nSPS) is 26.8. The van der Waals surface area contributed by atoms with Crippen LogP contribution in [0.1, 0.15) is 61.6 Å². The second kappa shape index (κ2) is 9.93. The van der Waals surface area contributed by atoms with Crippen molar-refractivity contribution < 1.29 is 9.90 Å². The molecule has 0 amide bonds. The second-order valence-electron chi connectivity index (χ2n) is 8.78. The van der Waals surface area contributed by atoms with Crippen molar-refractivity contribution in [1.29, 1.82) is 0 Å². The molecule has 0 aromatic heterocycles. The average molecular weight is 404 g/mol. The number of allylic oxidation sites excluding steroid dienone is 2. The minimum Gasteiger partial charge on any atom is -0.481 e. The molecule has 0 unspecified atom stereocenters. The van der Waals surface area contributed by atoms with Gasteiger partial charge in [-0.2, -0.15) is 0 Å². The maximum absolute atomic E-state index is 10.7. The first-order valence-electron chi connectivity index (χ1n) is 10.8. The van der Waals surface area contributed by atoms with E-state index in [9.17, 15) is 4.79 Å². The van der Waals surface area contributed by atoms with Crippen molar-refractivity contribution in [2.75, 3.05) is 6.54 Å². The Morgan fingerprint density at radius 1 is 1.18 bits per heavy atom. The van der Waals surface area contributed by atoms with Crippen molar-refractivity contribution >= 4 is 17.6 Å². The molecular weight excluding hydrogens is 370 g/mol. The highest BCUT2D eigenvalue weighted by Crippen LogP contribution is 2.49. The maximum atomic E-state index is 10.7. The molecule has 0 heterocycles. The monoisotopic (exact) mass is 403 g/mol. The number of hydrogen-bond donors (Lipinski definition) is 2. The number of carboxylic acid groups (broad SMARTS) is 1. The Kier molecular flexibility index (Phi) is 7.59. The number of carboxylic acids is 1. The van der Waals surface area contributed by atoms with Crippen LogP contribution in [-0.2, 0) is 11.3 Å². The van der Waals surface area contributed by atoms with Gasteiger partial charge in [-0.3, -0.25) is 4.79 Å². The van der Waals surface area contributed by atoms with Crippen LogP contribution >= 0.6 is 11.6 Å². The maximum Gasteiger partial charge on any atom is 0.303 e. The number of nitrogens with one attached hydrogen (secondary N) is 1. The lowest BCUT2D eigenvalue weighted by Gasteiger charge is -2.48. The van der Waals surface area contributed by atoms with Gasteiger partial charge in [0.05, 0.1) is 0 Å². The van der Waals surface area contributed by atoms with Crippen molar-refractivity contribution in [1.82, 2.24) is 5.32 Å². The first-order valence-corrected chi connectivity index (χ1v) is 11.2. The third kappa shape index (κ3) is 5.39. The largest absolute Gasteiger partial charge is 0.481 e. The minimum absolute atomic E-state index is 0.270. The highest BCUT2D eigenvalue weighted by molar-refractivity contribution is 6.30. The van der Waals surface area contributed by atoms with Crippen LogP contribution in [0.15, 0.2) is 24.3 Å². The average Bonchev–Trinajstić information content (AvgIpc) is 2.65. The van der Waals surface area contributed by atoms with Gasteiger partial charge in [-0.1, -0.05) is 23.8 Å². The van der Waals surface area contributed by atoms with E-state index in [1.165, 1.54) is 42.4 Å². The van der Waals surface area contributed by atoms with Crippen LogP contribution in [0.2, 0.25) is 5.02 Å². The standard InChI is InChI=1S/C24H34ClNO2/c1-16-12-20(25)13-17(2)22(16)14-26-15-23-19-10-8-18(9-11-19)21(23)6-4-3-5-7-24(27)28/h4,6,12-13,18-19,21,23,26H,3,5,7-11,14-15H2,1-2H3,(H,27,28)/b6-4-/t18?,19?,21-,23-/m0/s1. The molecule has 0 spiro atoms. The number of carbonyl (C=O) groups is 1. The summed E-state index contributed by atoms with van der Waals surface area (Å²) < 4.78 is 0. The summed E-state index contributed by atoms with van der Waals surface area (Å²) in [6.07, 6.45) is 12.0. The summed E-state index contributed by atoms with van der Waals surface area (Å²) in [4.78, 5) is 10.7. The van der Waals surface area contributed by atoms with E-state index in [4.69, 9.17) is 16.7 Å². The van der Waals surface area contributed by atoms with Crippen LogP contribution in [0.25, 0.3) is 0 Å². The van der Waals surface area contributed by atoms with Gasteiger partial charge in [0.2, 0.25) is 0 Å². The van der Waals surface area contributed by atoms with E-state index in [2.05, 4.69) is 43.4 Å². The van der Waals surface area contributed by atoms with Crippen LogP contribution in [0.3, 0.4) is 0 Å². The number of rotatable bonds is 9. The molecule has 2 bridgehead atoms. The Balaban J connectivity index is 1.57. The molecule has 0 radical (unpaired) electrons. The van der Waals surface area contributed by atoms with E-state index in [0.29, 0.717) is 11.8 Å². The van der Waals surface area contributed by atoms with E-state index in [1.807, 2.05) is 0 Å². The van der Waals surface area contributed by atoms with Gasteiger partial charge in [0.1, 0.15) is 0 Å². The third-order valence-electron chi connectivity index (χ3n) is 6.92. The lowest BCUT2D eigenvalue weighted by atomic mass is 9.58. The Morgan fingerprint density at radius 3 is 2.46 bits per heavy atom. The topological polar surface area (TPSA) is 49.3 Å². The summed E-state index contributed by atoms with van der Waals surface area (Å²) in [5, 5.41) is 13.4. The summed E-state index contributed by atoms with van der Waals surface area (Å²) in [5.41, 5.74) is 3.89. The molecule has 3 fully saturated rings. The van der Waals surface area contributed by atoms with Crippen molar-refractivity contribution in [2.45, 2.75) is 65.3 Å². The molecule has 3 aliphatic carbocycles. The summed E-state index contributed by atoms with van der Waals surface area (Å²) in [7, 11) is 0. The lowest BCUT2D eigenvalue weighted by molar-refractivity contribution is -0.137. The first kappa shape index (κ1) is 21.4. The number of fused-ring (bicyclic) bond motifs is 3. The van der Waals surface area contributed by atoms with Gasteiger partial charge in [0.15, 0.2) is 0 Å². The van der Waals surface area contributed by atoms with Gasteiger partial charge in [-0.05, 0) is 111 Å². The van der Waals surface area contributed by atoms with Crippen molar-refractivity contribution in [3.05, 3.63) is 46.0 Å². The quantitative estimate of drug-likeness (QED) is 0.398. The predicted octanol–water partition coefficient (Wildman–Crippen LogP) is 5.91. The van der Waals surface area contributed by atoms with E-state index < -0.39 is 5.97 Å². The minimum atomic E-state index is -0.694. The molecule has 3 aliphatic rings. The lowest BCUT2D eigenvalue weighted by Crippen LogP contribution is -2.43. The van der Waals surface area contributed by atoms with E-state index in [1.54, 1.807) is 0 Å². The Morgan fingerprint density at radius 2 is 1.82 bits per heavy atom. The molecular formula is C24H34ClNO2. The van der Waals surface area contributed by atoms with Gasteiger partial charge in [-0.25, -0.2) is 0 Å². The number of aliphatic carboxylic acids is 1. The summed E-state index contributed by atoms with van der Waals surface area (Å²) in [6, 6.07) is 4.10. The molecule has 0 aliphatic heterocycles. The number of benzene rings is 1. The van der Waals surface area contributed by atoms with Crippen molar-refractivity contribution in [3.8, 4) is 0 Å². The van der Waals surface area contributed by atoms with Crippen LogP contribution in [0.4, 0.5) is 0 Å². The summed E-state index contributed by atoms with van der Waals surface area (Å²) in [5.74, 6) is 2.30. The van der Waals surface area contributed by atoms with Crippen LogP contribution in [0.5, 0.6) is 0 Å². The smallest absolute Gasteiger partial charge is 0.303 e. The molecule has 3 saturated carbocycles. The number of unbranched alkanes of at least 4 members (excludes halogenated alkanes) is 1. The third-order valence-corrected chi connectivity index (χ3v) is 7.14. The Hall–Kier alpha value is -1.32. The van der Waals surface area contributed by atoms with Crippen molar-refractivity contribution in [3.63, 3.8) is 0 Å². The van der Waals surface area contributed by atoms with E-state index in [-0.39, 0.29) is 6.42 Å². The molecule has 2 atom stereocenters. The molecule has 1 aromatic rings. The molecule has 28 heavy (non-hydrogen) atoms.